The number of anilines is 1. The van der Waals surface area contributed by atoms with Gasteiger partial charge in [-0.15, -0.1) is 11.8 Å². The molecule has 160 valence electrons. The van der Waals surface area contributed by atoms with Crippen molar-refractivity contribution in [2.45, 2.75) is 31.1 Å². The maximum Gasteiger partial charge on any atom is 0.228 e. The smallest absolute Gasteiger partial charge is 0.228 e. The summed E-state index contributed by atoms with van der Waals surface area (Å²) in [6.45, 7) is 3.53. The first-order valence-electron chi connectivity index (χ1n) is 10.2. The van der Waals surface area contributed by atoms with E-state index in [1.54, 1.807) is 35.2 Å². The number of fused-ring (bicyclic) bond motifs is 1. The lowest BCUT2D eigenvalue weighted by atomic mass is 10.1. The van der Waals surface area contributed by atoms with Gasteiger partial charge in [0.25, 0.3) is 0 Å². The van der Waals surface area contributed by atoms with Gasteiger partial charge in [0.1, 0.15) is 5.82 Å². The van der Waals surface area contributed by atoms with E-state index in [0.717, 1.165) is 45.4 Å². The van der Waals surface area contributed by atoms with E-state index < -0.39 is 0 Å². The normalized spacial score (nSPS) is 11.4. The number of aryl methyl sites for hydroxylation is 1. The Morgan fingerprint density at radius 2 is 1.90 bits per heavy atom. The highest BCUT2D eigenvalue weighted by molar-refractivity contribution is 7.99. The third kappa shape index (κ3) is 6.03. The van der Waals surface area contributed by atoms with Gasteiger partial charge < -0.3 is 4.90 Å². The van der Waals surface area contributed by atoms with Gasteiger partial charge in [-0.2, -0.15) is 0 Å². The highest BCUT2D eigenvalue weighted by Gasteiger charge is 2.20. The number of thioether (sulfide) groups is 1. The van der Waals surface area contributed by atoms with Gasteiger partial charge >= 0.3 is 0 Å². The highest BCUT2D eigenvalue weighted by Crippen LogP contribution is 2.31. The first-order chi connectivity index (χ1) is 14.5. The average molecular weight is 446 g/mol. The number of benzene rings is 2. The van der Waals surface area contributed by atoms with E-state index >= 15 is 0 Å². The van der Waals surface area contributed by atoms with Crippen LogP contribution in [0.25, 0.3) is 10.2 Å². The molecule has 0 saturated carbocycles. The number of nitrogens with zero attached hydrogens (tertiary/aromatic N) is 3. The summed E-state index contributed by atoms with van der Waals surface area (Å²) < 4.78 is 14.1. The molecule has 30 heavy (non-hydrogen) atoms. The number of hydrogen-bond acceptors (Lipinski definition) is 5. The van der Waals surface area contributed by atoms with Crippen molar-refractivity contribution < 1.29 is 9.18 Å². The highest BCUT2D eigenvalue weighted by atomic mass is 32.2. The number of amides is 1. The molecule has 0 fully saturated rings. The molecule has 0 saturated heterocycles. The van der Waals surface area contributed by atoms with Crippen molar-refractivity contribution in [3.63, 3.8) is 0 Å². The average Bonchev–Trinajstić information content (AvgIpc) is 3.16. The fourth-order valence-electron chi connectivity index (χ4n) is 3.10. The molecule has 4 nitrogen and oxygen atoms in total. The summed E-state index contributed by atoms with van der Waals surface area (Å²) in [7, 11) is 4.02. The molecule has 0 aliphatic heterocycles. The Labute approximate surface area is 186 Å². The van der Waals surface area contributed by atoms with Gasteiger partial charge in [-0.1, -0.05) is 30.4 Å². The molecule has 0 bridgehead atoms. The number of hydrogen-bond donors (Lipinski definition) is 0. The van der Waals surface area contributed by atoms with Crippen LogP contribution in [0.15, 0.2) is 47.4 Å². The van der Waals surface area contributed by atoms with Gasteiger partial charge in [-0.3, -0.25) is 9.69 Å². The summed E-state index contributed by atoms with van der Waals surface area (Å²) in [4.78, 5) is 22.8. The van der Waals surface area contributed by atoms with Crippen LogP contribution in [0.2, 0.25) is 0 Å². The maximum atomic E-state index is 13.1. The van der Waals surface area contributed by atoms with Crippen LogP contribution in [0.3, 0.4) is 0 Å². The minimum Gasteiger partial charge on any atom is -0.308 e. The predicted octanol–water partition coefficient (Wildman–Crippen LogP) is 5.46. The Kier molecular flexibility index (Phi) is 8.24. The lowest BCUT2D eigenvalue weighted by molar-refractivity contribution is -0.118. The zero-order valence-corrected chi connectivity index (χ0v) is 19.4. The molecule has 2 aromatic carbocycles. The van der Waals surface area contributed by atoms with E-state index in [1.165, 1.54) is 17.7 Å². The summed E-state index contributed by atoms with van der Waals surface area (Å²) >= 11 is 3.23. The van der Waals surface area contributed by atoms with Gasteiger partial charge in [0.2, 0.25) is 5.91 Å². The predicted molar refractivity (Wildman–Crippen MR) is 126 cm³/mol. The molecule has 1 amide bonds. The van der Waals surface area contributed by atoms with Crippen molar-refractivity contribution >= 4 is 44.4 Å². The molecule has 1 heterocycles. The third-order valence-corrected chi connectivity index (χ3v) is 6.93. The fraction of sp³-hybridized carbons (Fsp3) is 0.391. The molecule has 0 spiro atoms. The number of para-hydroxylation sites is 1. The van der Waals surface area contributed by atoms with Crippen molar-refractivity contribution in [1.29, 1.82) is 0 Å². The van der Waals surface area contributed by atoms with E-state index in [4.69, 9.17) is 4.98 Å². The topological polar surface area (TPSA) is 36.4 Å². The minimum absolute atomic E-state index is 0.105. The van der Waals surface area contributed by atoms with Gasteiger partial charge in [0.05, 0.1) is 10.2 Å². The largest absolute Gasteiger partial charge is 0.308 e. The van der Waals surface area contributed by atoms with Crippen LogP contribution in [0.1, 0.15) is 25.3 Å². The van der Waals surface area contributed by atoms with Crippen molar-refractivity contribution in [3.05, 3.63) is 53.8 Å². The molecular weight excluding hydrogens is 417 g/mol. The number of thiazole rings is 1. The van der Waals surface area contributed by atoms with E-state index in [9.17, 15) is 9.18 Å². The Balaban J connectivity index is 1.66. The van der Waals surface area contributed by atoms with Crippen LogP contribution in [0.5, 0.6) is 0 Å². The van der Waals surface area contributed by atoms with Crippen molar-refractivity contribution in [2.75, 3.05) is 37.8 Å². The molecule has 0 N–H and O–H groups in total. The van der Waals surface area contributed by atoms with E-state index in [0.29, 0.717) is 13.0 Å². The van der Waals surface area contributed by atoms with Crippen LogP contribution in [-0.2, 0) is 11.2 Å². The molecule has 0 unspecified atom stereocenters. The summed E-state index contributed by atoms with van der Waals surface area (Å²) in [6, 6.07) is 12.7. The Morgan fingerprint density at radius 3 is 2.60 bits per heavy atom. The second-order valence-electron chi connectivity index (χ2n) is 7.37. The zero-order chi connectivity index (χ0) is 21.5. The molecule has 1 aromatic heterocycles. The van der Waals surface area contributed by atoms with Crippen LogP contribution in [0, 0.1) is 5.82 Å². The molecule has 0 aliphatic rings. The van der Waals surface area contributed by atoms with Gasteiger partial charge in [-0.25, -0.2) is 9.37 Å². The number of rotatable bonds is 10. The molecular formula is C23H28FN3OS2. The second kappa shape index (κ2) is 10.9. The Bertz CT molecular complexity index is 972. The minimum atomic E-state index is -0.229. The Morgan fingerprint density at radius 1 is 1.13 bits per heavy atom. The molecule has 0 radical (unpaired) electrons. The summed E-state index contributed by atoms with van der Waals surface area (Å²) in [5, 5.41) is 0.781. The van der Waals surface area contributed by atoms with Crippen LogP contribution in [-0.4, -0.2) is 48.7 Å². The van der Waals surface area contributed by atoms with Crippen LogP contribution in [0.4, 0.5) is 9.52 Å². The number of aromatic nitrogens is 1. The first kappa shape index (κ1) is 22.7. The van der Waals surface area contributed by atoms with Gasteiger partial charge in [0, 0.05) is 24.4 Å². The van der Waals surface area contributed by atoms with Gasteiger partial charge in [-0.05, 0) is 68.6 Å². The second-order valence-corrected chi connectivity index (χ2v) is 9.55. The monoisotopic (exact) mass is 445 g/mol. The van der Waals surface area contributed by atoms with E-state index in [1.807, 2.05) is 19.0 Å². The number of carbonyl (C=O) groups excluding carboxylic acids is 1. The molecule has 3 aromatic rings. The summed E-state index contributed by atoms with van der Waals surface area (Å²) in [5.74, 6) is 0.695. The summed E-state index contributed by atoms with van der Waals surface area (Å²) in [6.07, 6.45) is 2.16. The maximum absolute atomic E-state index is 13.1. The quantitative estimate of drug-likeness (QED) is 0.306. The van der Waals surface area contributed by atoms with Crippen LogP contribution < -0.4 is 4.90 Å². The first-order valence-corrected chi connectivity index (χ1v) is 12.0. The van der Waals surface area contributed by atoms with Crippen molar-refractivity contribution in [3.8, 4) is 0 Å². The molecule has 7 heteroatoms. The third-order valence-electron chi connectivity index (χ3n) is 4.79. The molecule has 0 aliphatic carbocycles. The standard InChI is InChI=1S/C23H28FN3OS2/c1-4-17-7-5-8-20-22(17)25-23(30-20)27(15-14-26(2)3)21(28)9-6-16-29-19-12-10-18(24)11-13-19/h5,7-8,10-13H,4,6,9,14-16H2,1-3H3. The van der Waals surface area contributed by atoms with Gasteiger partial charge in [0.15, 0.2) is 5.13 Å². The molecule has 3 rings (SSSR count). The summed E-state index contributed by atoms with van der Waals surface area (Å²) in [5.41, 5.74) is 2.22. The lowest BCUT2D eigenvalue weighted by Crippen LogP contribution is -2.36. The number of halogens is 1. The van der Waals surface area contributed by atoms with Crippen molar-refractivity contribution in [2.24, 2.45) is 0 Å². The van der Waals surface area contributed by atoms with Crippen LogP contribution >= 0.6 is 23.1 Å². The lowest BCUT2D eigenvalue weighted by Gasteiger charge is -2.22. The fourth-order valence-corrected chi connectivity index (χ4v) is 5.01. The zero-order valence-electron chi connectivity index (χ0n) is 17.7. The SMILES string of the molecule is CCc1cccc2sc(N(CCN(C)C)C(=O)CCCSc3ccc(F)cc3)nc12. The van der Waals surface area contributed by atoms with Crippen molar-refractivity contribution in [1.82, 2.24) is 9.88 Å². The van der Waals surface area contributed by atoms with E-state index in [-0.39, 0.29) is 11.7 Å². The number of carbonyl (C=O) groups is 1. The molecule has 0 atom stereocenters. The Hall–Kier alpha value is -1.96. The van der Waals surface area contributed by atoms with E-state index in [2.05, 4.69) is 30.0 Å². The number of likely N-dealkylation sites (N-methyl/N-ethyl adjacent to an activating group) is 1.